The van der Waals surface area contributed by atoms with Gasteiger partial charge in [-0.3, -0.25) is 0 Å². The largest absolute Gasteiger partial charge is 0.324 e. The number of benzene rings is 1. The number of halogens is 2. The van der Waals surface area contributed by atoms with Gasteiger partial charge < -0.3 is 5.73 Å². The maximum absolute atomic E-state index is 13.3. The summed E-state index contributed by atoms with van der Waals surface area (Å²) in [5.74, 6) is -1.27. The van der Waals surface area contributed by atoms with Crippen molar-refractivity contribution in [2.45, 2.75) is 25.3 Å². The lowest BCUT2D eigenvalue weighted by Gasteiger charge is -2.31. The zero-order valence-corrected chi connectivity index (χ0v) is 7.84. The first kappa shape index (κ1) is 9.59. The predicted octanol–water partition coefficient (Wildman–Crippen LogP) is 2.76. The molecule has 0 unspecified atom stereocenters. The second kappa shape index (κ2) is 3.65. The summed E-state index contributed by atoms with van der Waals surface area (Å²) in [7, 11) is 0. The molecule has 1 aromatic rings. The zero-order chi connectivity index (χ0) is 10.1. The molecule has 0 aromatic heterocycles. The highest BCUT2D eigenvalue weighted by Gasteiger charge is 2.27. The molecule has 1 fully saturated rings. The first-order valence-corrected chi connectivity index (χ1v) is 4.89. The van der Waals surface area contributed by atoms with E-state index in [9.17, 15) is 8.78 Å². The summed E-state index contributed by atoms with van der Waals surface area (Å²) >= 11 is 0. The third-order valence-electron chi connectivity index (χ3n) is 3.00. The standard InChI is InChI=1S/C11H13F2N/c12-9-6-2-5-8(10(9)13)11(14)7-3-1-4-7/h2,5-7,11H,1,3-4,14H2/t11-/m1/s1. The molecule has 0 saturated heterocycles. The van der Waals surface area contributed by atoms with E-state index in [4.69, 9.17) is 5.73 Å². The smallest absolute Gasteiger partial charge is 0.163 e. The van der Waals surface area contributed by atoms with Crippen molar-refractivity contribution in [1.82, 2.24) is 0 Å². The van der Waals surface area contributed by atoms with Gasteiger partial charge in [-0.15, -0.1) is 0 Å². The Morgan fingerprint density at radius 3 is 2.57 bits per heavy atom. The molecule has 1 atom stereocenters. The molecule has 2 rings (SSSR count). The summed E-state index contributed by atoms with van der Waals surface area (Å²) in [6, 6.07) is 3.85. The number of nitrogens with two attached hydrogens (primary N) is 1. The molecular weight excluding hydrogens is 184 g/mol. The van der Waals surface area contributed by atoms with Crippen LogP contribution in [-0.2, 0) is 0 Å². The van der Waals surface area contributed by atoms with Gasteiger partial charge in [0.1, 0.15) is 0 Å². The third-order valence-corrected chi connectivity index (χ3v) is 3.00. The fraction of sp³-hybridized carbons (Fsp3) is 0.455. The predicted molar refractivity (Wildman–Crippen MR) is 50.6 cm³/mol. The highest BCUT2D eigenvalue weighted by atomic mass is 19.2. The van der Waals surface area contributed by atoms with Gasteiger partial charge in [0, 0.05) is 11.6 Å². The molecular formula is C11H13F2N. The molecule has 0 bridgehead atoms. The second-order valence-electron chi connectivity index (χ2n) is 3.86. The van der Waals surface area contributed by atoms with E-state index in [2.05, 4.69) is 0 Å². The Bertz CT molecular complexity index is 334. The van der Waals surface area contributed by atoms with E-state index in [0.717, 1.165) is 25.3 Å². The van der Waals surface area contributed by atoms with Crippen molar-refractivity contribution in [1.29, 1.82) is 0 Å². The first-order valence-electron chi connectivity index (χ1n) is 4.89. The molecule has 2 N–H and O–H groups in total. The van der Waals surface area contributed by atoms with E-state index in [0.29, 0.717) is 11.5 Å². The molecule has 0 spiro atoms. The van der Waals surface area contributed by atoms with Crippen LogP contribution in [0, 0.1) is 17.6 Å². The van der Waals surface area contributed by atoms with Crippen molar-refractivity contribution in [2.24, 2.45) is 11.7 Å². The normalized spacial score (nSPS) is 19.1. The third kappa shape index (κ3) is 1.52. The molecule has 0 aliphatic heterocycles. The molecule has 3 heteroatoms. The van der Waals surface area contributed by atoms with Gasteiger partial charge in [0.15, 0.2) is 11.6 Å². The van der Waals surface area contributed by atoms with Crippen LogP contribution in [0.4, 0.5) is 8.78 Å². The van der Waals surface area contributed by atoms with Crippen molar-refractivity contribution in [2.75, 3.05) is 0 Å². The lowest BCUT2D eigenvalue weighted by molar-refractivity contribution is 0.259. The number of hydrogen-bond donors (Lipinski definition) is 1. The van der Waals surface area contributed by atoms with Gasteiger partial charge in [0.05, 0.1) is 0 Å². The van der Waals surface area contributed by atoms with Crippen molar-refractivity contribution in [3.05, 3.63) is 35.4 Å². The summed E-state index contributed by atoms with van der Waals surface area (Å²) in [5, 5.41) is 0. The Kier molecular flexibility index (Phi) is 2.50. The van der Waals surface area contributed by atoms with Crippen LogP contribution in [0.1, 0.15) is 30.9 Å². The second-order valence-corrected chi connectivity index (χ2v) is 3.86. The maximum Gasteiger partial charge on any atom is 0.163 e. The van der Waals surface area contributed by atoms with Gasteiger partial charge in [-0.05, 0) is 24.8 Å². The van der Waals surface area contributed by atoms with Crippen LogP contribution in [0.2, 0.25) is 0 Å². The van der Waals surface area contributed by atoms with Gasteiger partial charge in [-0.2, -0.15) is 0 Å². The molecule has 0 radical (unpaired) electrons. The molecule has 1 aromatic carbocycles. The number of rotatable bonds is 2. The highest BCUT2D eigenvalue weighted by molar-refractivity contribution is 5.23. The van der Waals surface area contributed by atoms with E-state index in [1.807, 2.05) is 0 Å². The lowest BCUT2D eigenvalue weighted by atomic mass is 9.77. The summed E-state index contributed by atoms with van der Waals surface area (Å²) < 4.78 is 26.2. The summed E-state index contributed by atoms with van der Waals surface area (Å²) in [4.78, 5) is 0. The van der Waals surface area contributed by atoms with Crippen molar-refractivity contribution >= 4 is 0 Å². The molecule has 1 saturated carbocycles. The number of hydrogen-bond acceptors (Lipinski definition) is 1. The minimum absolute atomic E-state index is 0.315. The average Bonchev–Trinajstić information content (AvgIpc) is 2.06. The topological polar surface area (TPSA) is 26.0 Å². The summed E-state index contributed by atoms with van der Waals surface area (Å²) in [5.41, 5.74) is 6.18. The molecule has 14 heavy (non-hydrogen) atoms. The van der Waals surface area contributed by atoms with Crippen LogP contribution in [0.15, 0.2) is 18.2 Å². The fourth-order valence-corrected chi connectivity index (χ4v) is 1.83. The van der Waals surface area contributed by atoms with Crippen molar-refractivity contribution in [3.8, 4) is 0 Å². The van der Waals surface area contributed by atoms with E-state index in [1.54, 1.807) is 6.07 Å². The Morgan fingerprint density at radius 1 is 1.29 bits per heavy atom. The van der Waals surface area contributed by atoms with Gasteiger partial charge in [0.2, 0.25) is 0 Å². The van der Waals surface area contributed by atoms with Crippen LogP contribution >= 0.6 is 0 Å². The van der Waals surface area contributed by atoms with Crippen LogP contribution < -0.4 is 5.73 Å². The molecule has 1 nitrogen and oxygen atoms in total. The Balaban J connectivity index is 2.26. The van der Waals surface area contributed by atoms with Gasteiger partial charge in [-0.1, -0.05) is 18.6 Å². The van der Waals surface area contributed by atoms with Crippen LogP contribution in [0.3, 0.4) is 0 Å². The van der Waals surface area contributed by atoms with E-state index in [1.165, 1.54) is 6.07 Å². The SMILES string of the molecule is N[C@@H](c1cccc(F)c1F)C1CCC1. The quantitative estimate of drug-likeness (QED) is 0.775. The Hall–Kier alpha value is -0.960. The molecule has 0 heterocycles. The Labute approximate surface area is 81.9 Å². The highest BCUT2D eigenvalue weighted by Crippen LogP contribution is 2.37. The van der Waals surface area contributed by atoms with Crippen LogP contribution in [-0.4, -0.2) is 0 Å². The zero-order valence-electron chi connectivity index (χ0n) is 7.84. The van der Waals surface area contributed by atoms with Gasteiger partial charge in [-0.25, -0.2) is 8.78 Å². The average molecular weight is 197 g/mol. The van der Waals surface area contributed by atoms with Gasteiger partial charge in [0.25, 0.3) is 0 Å². The van der Waals surface area contributed by atoms with E-state index >= 15 is 0 Å². The Morgan fingerprint density at radius 2 is 2.00 bits per heavy atom. The minimum Gasteiger partial charge on any atom is -0.324 e. The summed E-state index contributed by atoms with van der Waals surface area (Å²) in [6.07, 6.45) is 3.20. The fourth-order valence-electron chi connectivity index (χ4n) is 1.83. The van der Waals surface area contributed by atoms with Gasteiger partial charge >= 0.3 is 0 Å². The molecule has 0 amide bonds. The van der Waals surface area contributed by atoms with Crippen LogP contribution in [0.25, 0.3) is 0 Å². The van der Waals surface area contributed by atoms with Crippen LogP contribution in [0.5, 0.6) is 0 Å². The summed E-state index contributed by atoms with van der Waals surface area (Å²) in [6.45, 7) is 0. The maximum atomic E-state index is 13.3. The first-order chi connectivity index (χ1) is 6.70. The van der Waals surface area contributed by atoms with Crippen molar-refractivity contribution < 1.29 is 8.78 Å². The van der Waals surface area contributed by atoms with E-state index in [-0.39, 0.29) is 6.04 Å². The molecule has 1 aliphatic carbocycles. The lowest BCUT2D eigenvalue weighted by Crippen LogP contribution is -2.27. The minimum atomic E-state index is -0.808. The van der Waals surface area contributed by atoms with E-state index < -0.39 is 11.6 Å². The molecule has 76 valence electrons. The monoisotopic (exact) mass is 197 g/mol. The van der Waals surface area contributed by atoms with Crippen molar-refractivity contribution in [3.63, 3.8) is 0 Å². The molecule has 1 aliphatic rings.